The monoisotopic (exact) mass is 929 g/mol. The molecule has 0 spiro atoms. The number of alkyl carbamates (subject to hydrolysis) is 2. The van der Waals surface area contributed by atoms with Gasteiger partial charge in [0.15, 0.2) is 0 Å². The van der Waals surface area contributed by atoms with E-state index in [9.17, 15) is 29.2 Å². The third-order valence-corrected chi connectivity index (χ3v) is 13.8. The maximum absolute atomic E-state index is 13.0. The second kappa shape index (κ2) is 24.6. The van der Waals surface area contributed by atoms with E-state index in [0.29, 0.717) is 63.1 Å². The van der Waals surface area contributed by atoms with E-state index in [1.54, 1.807) is 9.80 Å². The van der Waals surface area contributed by atoms with Gasteiger partial charge in [0, 0.05) is 13.1 Å². The molecule has 6 fully saturated rings. The number of ether oxygens (including phenoxy) is 2. The van der Waals surface area contributed by atoms with Crippen molar-refractivity contribution >= 4 is 45.4 Å². The first kappa shape index (κ1) is 53.3. The second-order valence-electron chi connectivity index (χ2n) is 19.6. The molecule has 3 heterocycles. The molecule has 67 heavy (non-hydrogen) atoms. The van der Waals surface area contributed by atoms with Gasteiger partial charge in [0.1, 0.15) is 12.2 Å². The molecule has 16 nitrogen and oxygen atoms in total. The maximum atomic E-state index is 13.0. The normalized spacial score (nSPS) is 25.5. The van der Waals surface area contributed by atoms with Crippen LogP contribution in [0, 0.1) is 23.2 Å². The first-order chi connectivity index (χ1) is 31.8. The van der Waals surface area contributed by atoms with Crippen LogP contribution in [0.2, 0.25) is 6.32 Å². The van der Waals surface area contributed by atoms with E-state index in [-0.39, 0.29) is 47.4 Å². The Morgan fingerprint density at radius 3 is 1.76 bits per heavy atom. The average molecular weight is 929 g/mol. The van der Waals surface area contributed by atoms with Gasteiger partial charge < -0.3 is 59.3 Å². The lowest BCUT2D eigenvalue weighted by Crippen LogP contribution is -2.65. The molecule has 3 aliphatic heterocycles. The summed E-state index contributed by atoms with van der Waals surface area (Å²) in [5.41, 5.74) is 1.86. The van der Waals surface area contributed by atoms with Crippen LogP contribution in [0.4, 0.5) is 9.59 Å². The van der Waals surface area contributed by atoms with E-state index in [0.717, 1.165) is 36.8 Å². The second-order valence-corrected chi connectivity index (χ2v) is 19.6. The van der Waals surface area contributed by atoms with Crippen molar-refractivity contribution in [3.63, 3.8) is 0 Å². The Bertz CT molecular complexity index is 1940. The Morgan fingerprint density at radius 2 is 1.31 bits per heavy atom. The summed E-state index contributed by atoms with van der Waals surface area (Å²) in [5.74, 6) is -0.117. The van der Waals surface area contributed by atoms with E-state index in [1.807, 2.05) is 74.5 Å². The molecular weight excluding hydrogens is 857 g/mol. The van der Waals surface area contributed by atoms with E-state index in [2.05, 4.69) is 44.6 Å². The lowest BCUT2D eigenvalue weighted by atomic mass is 9.43. The summed E-state index contributed by atoms with van der Waals surface area (Å²) in [4.78, 5) is 52.0. The molecule has 364 valence electrons. The predicted octanol–water partition coefficient (Wildman–Crippen LogP) is 4.40. The number of piperidine rings is 2. The fourth-order valence-corrected chi connectivity index (χ4v) is 10.1. The quantitative estimate of drug-likeness (QED) is 0.115. The average Bonchev–Trinajstić information content (AvgIpc) is 3.66. The molecule has 0 unspecified atom stereocenters. The van der Waals surface area contributed by atoms with E-state index >= 15 is 0 Å². The molecule has 3 aliphatic carbocycles. The Kier molecular flexibility index (Phi) is 19.6. The summed E-state index contributed by atoms with van der Waals surface area (Å²) < 4.78 is 24.3. The molecule has 8 atom stereocenters. The van der Waals surface area contributed by atoms with Gasteiger partial charge in [-0.15, -0.1) is 0 Å². The van der Waals surface area contributed by atoms with Crippen LogP contribution in [0.3, 0.4) is 0 Å². The van der Waals surface area contributed by atoms with Gasteiger partial charge >= 0.3 is 33.5 Å². The van der Waals surface area contributed by atoms with Crippen molar-refractivity contribution in [3.8, 4) is 0 Å². The summed E-state index contributed by atoms with van der Waals surface area (Å²) in [6.07, 6.45) is 6.97. The summed E-state index contributed by atoms with van der Waals surface area (Å²) in [5, 5.41) is 41.1. The fraction of sp³-hybridized carbons (Fsp3) is 0.583. The van der Waals surface area contributed by atoms with Crippen molar-refractivity contribution in [2.24, 2.45) is 23.2 Å². The van der Waals surface area contributed by atoms with Gasteiger partial charge in [-0.1, -0.05) is 102 Å². The van der Waals surface area contributed by atoms with Crippen molar-refractivity contribution < 1.29 is 58.1 Å². The van der Waals surface area contributed by atoms with Crippen LogP contribution in [0.15, 0.2) is 86.0 Å². The highest BCUT2D eigenvalue weighted by Gasteiger charge is 2.68. The molecule has 3 saturated heterocycles. The van der Waals surface area contributed by atoms with Gasteiger partial charge in [-0.25, -0.2) is 9.59 Å². The smallest absolute Gasteiger partial charge is 0.444 e. The molecule has 2 bridgehead atoms. The minimum absolute atomic E-state index is 0.0391. The molecule has 0 radical (unpaired) electrons. The summed E-state index contributed by atoms with van der Waals surface area (Å²) in [6, 6.07) is 19.3. The zero-order valence-corrected chi connectivity index (χ0v) is 39.8. The largest absolute Gasteiger partial charge is 0.482 e. The molecule has 0 aromatic heterocycles. The zero-order valence-electron chi connectivity index (χ0n) is 39.8. The highest BCUT2D eigenvalue weighted by molar-refractivity contribution is 6.48. The summed E-state index contributed by atoms with van der Waals surface area (Å²) >= 11 is 0. The van der Waals surface area contributed by atoms with Crippen LogP contribution in [0.1, 0.15) is 84.3 Å². The van der Waals surface area contributed by atoms with E-state index in [1.165, 1.54) is 18.6 Å². The van der Waals surface area contributed by atoms with Gasteiger partial charge in [-0.2, -0.15) is 0 Å². The zero-order chi connectivity index (χ0) is 48.9. The fourth-order valence-electron chi connectivity index (χ4n) is 10.1. The Labute approximate surface area is 397 Å². The minimum Gasteiger partial charge on any atom is -0.444 e. The molecule has 8 rings (SSSR count). The summed E-state index contributed by atoms with van der Waals surface area (Å²) in [7, 11) is -3.38. The van der Waals surface area contributed by atoms with Gasteiger partial charge in [-0.05, 0) is 111 Å². The molecule has 4 amide bonds. The van der Waals surface area contributed by atoms with Crippen LogP contribution in [-0.4, -0.2) is 137 Å². The number of carbonyl (C=O) groups excluding carboxylic acids is 4. The van der Waals surface area contributed by atoms with Crippen molar-refractivity contribution in [1.82, 2.24) is 20.4 Å². The van der Waals surface area contributed by atoms with Crippen LogP contribution in [0.25, 0.3) is 0 Å². The Hall–Kier alpha value is -4.65. The lowest BCUT2D eigenvalue weighted by Gasteiger charge is -2.64. The number of amides is 4. The molecule has 19 heteroatoms. The van der Waals surface area contributed by atoms with Crippen molar-refractivity contribution in [2.75, 3.05) is 26.2 Å². The minimum atomic E-state index is -1.71. The van der Waals surface area contributed by atoms with Crippen molar-refractivity contribution in [1.29, 1.82) is 0 Å². The topological polar surface area (TPSA) is 217 Å². The molecule has 6 N–H and O–H groups in total. The SMILES string of the molecule is C=CC(=O)N1CCC[C@H](OC(=O)N[C@@H](Cc2ccccc2)B(O)O)C1.C=CC(=O)N1CCC[C@H](OC(=O)N[C@@H](Cc2ccccc2)B2O[C@@H]3C[C@@H]4C[C@@H](C4(C)C)[C@]3(C)O2)C1.CC(C)CB(O)O. The first-order valence-electron chi connectivity index (χ1n) is 23.7. The lowest BCUT2D eigenvalue weighted by molar-refractivity contribution is -0.199. The number of likely N-dealkylation sites (tertiary alicyclic amines) is 2. The van der Waals surface area contributed by atoms with Crippen molar-refractivity contribution in [2.45, 2.75) is 128 Å². The molecular formula is C48H71B3N4O12. The molecule has 2 aromatic rings. The maximum Gasteiger partial charge on any atom is 0.482 e. The van der Waals surface area contributed by atoms with Gasteiger partial charge in [-0.3, -0.25) is 9.59 Å². The first-order valence-corrected chi connectivity index (χ1v) is 23.7. The standard InChI is InChI=1S/C27H37BN2O5.C17H23BN2O5.C4H11BO2/c1-5-24(31)30-13-9-12-20(17-30)33-25(32)29-23(14-18-10-7-6-8-11-18)28-34-22-16-19-15-21(26(19,2)3)27(22,4)35-28;1-2-16(21)20-10-6-9-14(12-20)25-17(22)19-15(18(23)24)11-13-7-4-3-5-8-13;1-4(2)3-5(6)7/h5-8,10-11,19-23H,1,9,12-17H2,2-4H3,(H,29,32);2-5,7-8,14-15,23-24H,1,6,9-12H2,(H,19,22);4,6-7H,3H2,1-2H3/t19-,20-,21-,22+,23-,27-;14-,15-;/m00./s1. The highest BCUT2D eigenvalue weighted by Crippen LogP contribution is 2.65. The number of carbonyl (C=O) groups is 4. The molecule has 3 saturated carbocycles. The third-order valence-electron chi connectivity index (χ3n) is 13.8. The van der Waals surface area contributed by atoms with E-state index in [4.69, 9.17) is 28.8 Å². The Balaban J connectivity index is 0.000000229. The number of hydrogen-bond donors (Lipinski definition) is 6. The van der Waals surface area contributed by atoms with Gasteiger partial charge in [0.2, 0.25) is 11.8 Å². The predicted molar refractivity (Wildman–Crippen MR) is 257 cm³/mol. The van der Waals surface area contributed by atoms with Crippen LogP contribution < -0.4 is 10.6 Å². The molecule has 6 aliphatic rings. The number of nitrogens with zero attached hydrogens (tertiary/aromatic N) is 2. The molecule has 2 aromatic carbocycles. The number of rotatable bonds is 14. The summed E-state index contributed by atoms with van der Waals surface area (Å²) in [6.45, 7) is 19.7. The highest BCUT2D eigenvalue weighted by atomic mass is 16.7. The number of nitrogens with one attached hydrogen (secondary N) is 2. The van der Waals surface area contributed by atoms with Crippen LogP contribution in [-0.2, 0) is 41.2 Å². The van der Waals surface area contributed by atoms with Gasteiger partial charge in [0.05, 0.1) is 36.7 Å². The van der Waals surface area contributed by atoms with Crippen LogP contribution in [0.5, 0.6) is 0 Å². The van der Waals surface area contributed by atoms with Crippen LogP contribution >= 0.6 is 0 Å². The van der Waals surface area contributed by atoms with Crippen molar-refractivity contribution in [3.05, 3.63) is 97.1 Å². The Morgan fingerprint density at radius 1 is 0.806 bits per heavy atom. The van der Waals surface area contributed by atoms with E-state index < -0.39 is 45.6 Å². The third kappa shape index (κ3) is 14.9. The number of hydrogen-bond acceptors (Lipinski definition) is 12. The van der Waals surface area contributed by atoms with Gasteiger partial charge in [0.25, 0.3) is 0 Å². The number of benzene rings is 2.